The Morgan fingerprint density at radius 3 is 2.72 bits per heavy atom. The molecule has 6 heteroatoms. The molecule has 2 unspecified atom stereocenters. The monoisotopic (exact) mass is 390 g/mol. The Bertz CT molecular complexity index is 1010. The van der Waals surface area contributed by atoms with Gasteiger partial charge in [-0.3, -0.25) is 9.59 Å². The van der Waals surface area contributed by atoms with Crippen LogP contribution in [0.5, 0.6) is 0 Å². The molecule has 0 bridgehead atoms. The van der Waals surface area contributed by atoms with Crippen LogP contribution in [0.2, 0.25) is 0 Å². The van der Waals surface area contributed by atoms with Crippen LogP contribution in [0.3, 0.4) is 0 Å². The fourth-order valence-corrected chi connectivity index (χ4v) is 3.87. The first kappa shape index (κ1) is 19.2. The summed E-state index contributed by atoms with van der Waals surface area (Å²) in [4.78, 5) is 33.0. The number of H-pyrrole nitrogens is 1. The summed E-state index contributed by atoms with van der Waals surface area (Å²) in [7, 11) is 0. The first-order valence-corrected chi connectivity index (χ1v) is 10.1. The lowest BCUT2D eigenvalue weighted by atomic mass is 9.89. The number of fused-ring (bicyclic) bond motifs is 2. The molecule has 4 rings (SSSR count). The third-order valence-electron chi connectivity index (χ3n) is 5.52. The first-order valence-electron chi connectivity index (χ1n) is 10.1. The van der Waals surface area contributed by atoms with Crippen LogP contribution in [0.4, 0.5) is 5.69 Å². The SMILES string of the molecule is CC(C)C(NC(=O)CCC1Cc2ccccc2NC1=O)c1nc2ccccc2[nH]1. The minimum absolute atomic E-state index is 0.00538. The lowest BCUT2D eigenvalue weighted by molar-refractivity contribution is -0.123. The maximum Gasteiger partial charge on any atom is 0.227 e. The van der Waals surface area contributed by atoms with Crippen LogP contribution < -0.4 is 10.6 Å². The van der Waals surface area contributed by atoms with E-state index in [0.29, 0.717) is 19.3 Å². The zero-order chi connectivity index (χ0) is 20.4. The molecule has 0 fully saturated rings. The quantitative estimate of drug-likeness (QED) is 0.595. The van der Waals surface area contributed by atoms with Gasteiger partial charge in [0.05, 0.1) is 17.1 Å². The van der Waals surface area contributed by atoms with Crippen molar-refractivity contribution in [1.82, 2.24) is 15.3 Å². The van der Waals surface area contributed by atoms with Crippen molar-refractivity contribution in [3.8, 4) is 0 Å². The number of rotatable bonds is 6. The van der Waals surface area contributed by atoms with Gasteiger partial charge in [0, 0.05) is 18.0 Å². The standard InChI is InChI=1S/C23H26N4O2/c1-14(2)21(22-24-18-9-5-6-10-19(18)25-22)27-20(28)12-11-16-13-15-7-3-4-8-17(15)26-23(16)29/h3-10,14,16,21H,11-13H2,1-2H3,(H,24,25)(H,26,29)(H,27,28). The molecular weight excluding hydrogens is 364 g/mol. The first-order chi connectivity index (χ1) is 14.0. The number of nitrogens with one attached hydrogen (secondary N) is 3. The van der Waals surface area contributed by atoms with Gasteiger partial charge in [0.15, 0.2) is 0 Å². The molecular formula is C23H26N4O2. The Labute approximate surface area is 170 Å². The summed E-state index contributed by atoms with van der Waals surface area (Å²) in [5, 5.41) is 6.05. The van der Waals surface area contributed by atoms with Crippen molar-refractivity contribution in [3.63, 3.8) is 0 Å². The van der Waals surface area contributed by atoms with Crippen molar-refractivity contribution in [2.75, 3.05) is 5.32 Å². The fraction of sp³-hybridized carbons (Fsp3) is 0.348. The van der Waals surface area contributed by atoms with Gasteiger partial charge >= 0.3 is 0 Å². The molecule has 1 aromatic heterocycles. The van der Waals surface area contributed by atoms with E-state index in [2.05, 4.69) is 34.4 Å². The van der Waals surface area contributed by atoms with Gasteiger partial charge in [-0.25, -0.2) is 4.98 Å². The van der Waals surface area contributed by atoms with E-state index in [4.69, 9.17) is 0 Å². The zero-order valence-electron chi connectivity index (χ0n) is 16.7. The minimum atomic E-state index is -0.198. The number of aromatic nitrogens is 2. The summed E-state index contributed by atoms with van der Waals surface area (Å²) in [6, 6.07) is 15.5. The van der Waals surface area contributed by atoms with Crippen LogP contribution in [0, 0.1) is 11.8 Å². The molecule has 2 atom stereocenters. The van der Waals surface area contributed by atoms with E-state index in [-0.39, 0.29) is 29.7 Å². The molecule has 6 nitrogen and oxygen atoms in total. The number of benzene rings is 2. The number of carbonyl (C=O) groups is 2. The van der Waals surface area contributed by atoms with Crippen LogP contribution in [0.25, 0.3) is 11.0 Å². The summed E-state index contributed by atoms with van der Waals surface area (Å²) in [5.41, 5.74) is 3.85. The van der Waals surface area contributed by atoms with Gasteiger partial charge in [0.25, 0.3) is 0 Å². The Morgan fingerprint density at radius 1 is 1.17 bits per heavy atom. The molecule has 0 aliphatic carbocycles. The van der Waals surface area contributed by atoms with Crippen LogP contribution in [0.1, 0.15) is 44.1 Å². The van der Waals surface area contributed by atoms with Crippen LogP contribution >= 0.6 is 0 Å². The molecule has 1 aliphatic rings. The molecule has 0 saturated heterocycles. The molecule has 0 spiro atoms. The van der Waals surface area contributed by atoms with Crippen LogP contribution in [-0.4, -0.2) is 21.8 Å². The van der Waals surface area contributed by atoms with Gasteiger partial charge in [-0.15, -0.1) is 0 Å². The second-order valence-corrected chi connectivity index (χ2v) is 8.01. The van der Waals surface area contributed by atoms with Crippen molar-refractivity contribution in [1.29, 1.82) is 0 Å². The van der Waals surface area contributed by atoms with Gasteiger partial charge < -0.3 is 15.6 Å². The maximum absolute atomic E-state index is 12.7. The summed E-state index contributed by atoms with van der Waals surface area (Å²) in [5.74, 6) is 0.701. The highest BCUT2D eigenvalue weighted by Crippen LogP contribution is 2.28. The number of anilines is 1. The summed E-state index contributed by atoms with van der Waals surface area (Å²) in [6.45, 7) is 4.12. The molecule has 3 N–H and O–H groups in total. The molecule has 29 heavy (non-hydrogen) atoms. The highest BCUT2D eigenvalue weighted by Gasteiger charge is 2.27. The van der Waals surface area contributed by atoms with Gasteiger partial charge in [-0.05, 0) is 42.5 Å². The molecule has 0 saturated carbocycles. The fourth-order valence-electron chi connectivity index (χ4n) is 3.87. The number of para-hydroxylation sites is 3. The summed E-state index contributed by atoms with van der Waals surface area (Å²) in [6.07, 6.45) is 1.51. The minimum Gasteiger partial charge on any atom is -0.346 e. The molecule has 0 radical (unpaired) electrons. The largest absolute Gasteiger partial charge is 0.346 e. The van der Waals surface area contributed by atoms with E-state index in [1.807, 2.05) is 48.5 Å². The molecule has 2 amide bonds. The van der Waals surface area contributed by atoms with Crippen molar-refractivity contribution in [3.05, 3.63) is 59.9 Å². The zero-order valence-corrected chi connectivity index (χ0v) is 16.7. The molecule has 3 aromatic rings. The highest BCUT2D eigenvalue weighted by molar-refractivity contribution is 5.96. The number of imidazole rings is 1. The van der Waals surface area contributed by atoms with Crippen molar-refractivity contribution >= 4 is 28.5 Å². The van der Waals surface area contributed by atoms with Gasteiger partial charge in [0.1, 0.15) is 5.82 Å². The van der Waals surface area contributed by atoms with Gasteiger partial charge in [-0.2, -0.15) is 0 Å². The predicted octanol–water partition coefficient (Wildman–Crippen LogP) is 3.97. The summed E-state index contributed by atoms with van der Waals surface area (Å²) >= 11 is 0. The second kappa shape index (κ2) is 8.07. The average Bonchev–Trinajstić information content (AvgIpc) is 3.14. The number of aromatic amines is 1. The second-order valence-electron chi connectivity index (χ2n) is 8.01. The number of nitrogens with zero attached hydrogens (tertiary/aromatic N) is 1. The smallest absolute Gasteiger partial charge is 0.227 e. The number of hydrogen-bond donors (Lipinski definition) is 3. The lowest BCUT2D eigenvalue weighted by Gasteiger charge is -2.25. The van der Waals surface area contributed by atoms with Crippen molar-refractivity contribution in [2.24, 2.45) is 11.8 Å². The van der Waals surface area contributed by atoms with E-state index in [1.165, 1.54) is 0 Å². The number of carbonyl (C=O) groups excluding carboxylic acids is 2. The molecule has 2 heterocycles. The molecule has 1 aliphatic heterocycles. The summed E-state index contributed by atoms with van der Waals surface area (Å²) < 4.78 is 0. The normalized spacial score (nSPS) is 17.1. The Morgan fingerprint density at radius 2 is 1.93 bits per heavy atom. The van der Waals surface area contributed by atoms with E-state index in [0.717, 1.165) is 28.1 Å². The van der Waals surface area contributed by atoms with Gasteiger partial charge in [0.2, 0.25) is 11.8 Å². The third-order valence-corrected chi connectivity index (χ3v) is 5.52. The topological polar surface area (TPSA) is 86.9 Å². The van der Waals surface area contributed by atoms with Crippen molar-refractivity contribution < 1.29 is 9.59 Å². The predicted molar refractivity (Wildman–Crippen MR) is 113 cm³/mol. The number of hydrogen-bond acceptors (Lipinski definition) is 3. The Kier molecular flexibility index (Phi) is 5.34. The van der Waals surface area contributed by atoms with E-state index < -0.39 is 0 Å². The maximum atomic E-state index is 12.7. The van der Waals surface area contributed by atoms with E-state index in [9.17, 15) is 9.59 Å². The highest BCUT2D eigenvalue weighted by atomic mass is 16.2. The van der Waals surface area contributed by atoms with E-state index in [1.54, 1.807) is 0 Å². The van der Waals surface area contributed by atoms with Crippen LogP contribution in [0.15, 0.2) is 48.5 Å². The Hall–Kier alpha value is -3.15. The van der Waals surface area contributed by atoms with E-state index >= 15 is 0 Å². The van der Waals surface area contributed by atoms with Gasteiger partial charge in [-0.1, -0.05) is 44.2 Å². The van der Waals surface area contributed by atoms with Crippen LogP contribution in [-0.2, 0) is 16.0 Å². The van der Waals surface area contributed by atoms with Crippen molar-refractivity contribution in [2.45, 2.75) is 39.2 Å². The lowest BCUT2D eigenvalue weighted by Crippen LogP contribution is -2.34. The average molecular weight is 390 g/mol. The molecule has 2 aromatic carbocycles. The third kappa shape index (κ3) is 4.16. The Balaban J connectivity index is 1.39. The number of amides is 2. The molecule has 150 valence electrons.